The largest absolute Gasteiger partial charge is 0.344 e. The van der Waals surface area contributed by atoms with Gasteiger partial charge in [-0.2, -0.15) is 0 Å². The van der Waals surface area contributed by atoms with E-state index >= 15 is 0 Å². The molecule has 0 radical (unpaired) electrons. The Morgan fingerprint density at radius 2 is 1.56 bits per heavy atom. The van der Waals surface area contributed by atoms with Crippen LogP contribution in [0.4, 0.5) is 0 Å². The highest BCUT2D eigenvalue weighted by Gasteiger charge is 2.46. The van der Waals surface area contributed by atoms with Gasteiger partial charge in [0.05, 0.1) is 18.6 Å². The quantitative estimate of drug-likeness (QED) is 0.543. The molecule has 0 spiro atoms. The minimum atomic E-state index is -0.887. The van der Waals surface area contributed by atoms with Crippen LogP contribution in [-0.2, 0) is 15.3 Å². The molecule has 1 heterocycles. The molecule has 4 rings (SSSR count). The van der Waals surface area contributed by atoms with Gasteiger partial charge in [0.2, 0.25) is 5.79 Å². The molecule has 2 aliphatic rings. The summed E-state index contributed by atoms with van der Waals surface area (Å²) in [7, 11) is 0. The van der Waals surface area contributed by atoms with E-state index in [0.29, 0.717) is 19.1 Å². The summed E-state index contributed by atoms with van der Waals surface area (Å²) < 4.78 is 12.7. The van der Waals surface area contributed by atoms with Crippen LogP contribution in [0, 0.1) is 5.41 Å². The number of hydrogen-bond donors (Lipinski definition) is 0. The number of fused-ring (bicyclic) bond motifs is 1. The molecule has 0 aromatic heterocycles. The van der Waals surface area contributed by atoms with E-state index in [-0.39, 0.29) is 10.8 Å². The van der Waals surface area contributed by atoms with Crippen molar-refractivity contribution in [3.63, 3.8) is 0 Å². The fraction of sp³-hybridized carbons (Fsp3) is 0.583. The van der Waals surface area contributed by atoms with Crippen molar-refractivity contribution >= 4 is 22.4 Å². The number of halogens is 1. The van der Waals surface area contributed by atoms with E-state index in [0.717, 1.165) is 5.56 Å². The molecule has 3 heteroatoms. The van der Waals surface area contributed by atoms with E-state index in [1.165, 1.54) is 48.4 Å². The van der Waals surface area contributed by atoms with Crippen LogP contribution in [0.3, 0.4) is 0 Å². The molecule has 2 nitrogen and oxygen atoms in total. The van der Waals surface area contributed by atoms with Crippen molar-refractivity contribution < 1.29 is 9.47 Å². The molecule has 2 aromatic carbocycles. The molecule has 2 aromatic rings. The van der Waals surface area contributed by atoms with Gasteiger partial charge in [-0.05, 0) is 42.0 Å². The Balaban J connectivity index is 1.82. The number of hydrogen-bond acceptors (Lipinski definition) is 2. The summed E-state index contributed by atoms with van der Waals surface area (Å²) in [5.41, 5.74) is 2.55. The van der Waals surface area contributed by atoms with Crippen LogP contribution in [0.15, 0.2) is 36.4 Å². The first-order chi connectivity index (χ1) is 12.9. The summed E-state index contributed by atoms with van der Waals surface area (Å²) in [6.45, 7) is 7.59. The van der Waals surface area contributed by atoms with Crippen LogP contribution in [0.2, 0.25) is 0 Å². The van der Waals surface area contributed by atoms with Gasteiger partial charge in [0.25, 0.3) is 0 Å². The number of benzene rings is 2. The molecule has 1 saturated heterocycles. The first-order valence-electron chi connectivity index (χ1n) is 10.4. The van der Waals surface area contributed by atoms with Crippen LogP contribution in [0.25, 0.3) is 10.8 Å². The fourth-order valence-electron chi connectivity index (χ4n) is 4.68. The second-order valence-corrected chi connectivity index (χ2v) is 9.76. The molecule has 0 amide bonds. The van der Waals surface area contributed by atoms with Crippen LogP contribution in [-0.4, -0.2) is 18.6 Å². The topological polar surface area (TPSA) is 18.5 Å². The van der Waals surface area contributed by atoms with E-state index in [1.807, 2.05) is 6.92 Å². The van der Waals surface area contributed by atoms with Gasteiger partial charge in [-0.3, -0.25) is 0 Å². The Kier molecular flexibility index (Phi) is 5.26. The average Bonchev–Trinajstić information content (AvgIpc) is 2.68. The molecular weight excluding hydrogens is 356 g/mol. The summed E-state index contributed by atoms with van der Waals surface area (Å²) in [5, 5.41) is 2.26. The second-order valence-electron chi connectivity index (χ2n) is 9.11. The first kappa shape index (κ1) is 19.2. The summed E-state index contributed by atoms with van der Waals surface area (Å²) in [6, 6.07) is 13.2. The van der Waals surface area contributed by atoms with E-state index in [9.17, 15) is 0 Å². The van der Waals surface area contributed by atoms with Gasteiger partial charge in [0.15, 0.2) is 0 Å². The van der Waals surface area contributed by atoms with Gasteiger partial charge in [-0.15, -0.1) is 11.6 Å². The highest BCUT2D eigenvalue weighted by Crippen LogP contribution is 2.45. The molecule has 27 heavy (non-hydrogen) atoms. The molecule has 0 unspecified atom stereocenters. The lowest BCUT2D eigenvalue weighted by Gasteiger charge is -2.45. The zero-order chi connectivity index (χ0) is 19.1. The minimum Gasteiger partial charge on any atom is -0.344 e. The normalized spacial score (nSPS) is 24.0. The molecule has 1 atom stereocenters. The third kappa shape index (κ3) is 3.52. The third-order valence-electron chi connectivity index (χ3n) is 6.26. The van der Waals surface area contributed by atoms with Gasteiger partial charge in [0, 0.05) is 11.0 Å². The monoisotopic (exact) mass is 386 g/mol. The Morgan fingerprint density at radius 3 is 2.19 bits per heavy atom. The van der Waals surface area contributed by atoms with E-state index in [4.69, 9.17) is 21.1 Å². The predicted octanol–water partition coefficient (Wildman–Crippen LogP) is 6.74. The van der Waals surface area contributed by atoms with Gasteiger partial charge in [-0.25, -0.2) is 0 Å². The molecule has 146 valence electrons. The maximum absolute atomic E-state index is 6.68. The smallest absolute Gasteiger partial charge is 0.212 e. The molecule has 0 N–H and O–H groups in total. The Morgan fingerprint density at radius 1 is 0.926 bits per heavy atom. The van der Waals surface area contributed by atoms with E-state index in [2.05, 4.69) is 50.2 Å². The molecule has 1 aliphatic carbocycles. The van der Waals surface area contributed by atoms with Gasteiger partial charge in [-0.1, -0.05) is 69.5 Å². The van der Waals surface area contributed by atoms with Crippen molar-refractivity contribution in [1.82, 2.24) is 0 Å². The molecule has 0 bridgehead atoms. The first-order valence-corrected chi connectivity index (χ1v) is 10.8. The Hall–Kier alpha value is -1.09. The molecular formula is C24H31ClO2. The van der Waals surface area contributed by atoms with Crippen molar-refractivity contribution in [2.75, 3.05) is 13.2 Å². The standard InChI is InChI=1S/C24H31ClO2/c1-17(25)24(26-15-23(2,3)16-27-24)22-14-13-19(18-9-5-4-6-10-18)20-11-7-8-12-21(20)22/h7-8,11-14,17-18H,4-6,9-10,15-16H2,1-3H3/t17-/m0/s1. The predicted molar refractivity (Wildman–Crippen MR) is 112 cm³/mol. The molecule has 2 fully saturated rings. The SMILES string of the molecule is C[C@H](Cl)C1(c2ccc(C3CCCCC3)c3ccccc23)OCC(C)(C)CO1. The zero-order valence-corrected chi connectivity index (χ0v) is 17.5. The highest BCUT2D eigenvalue weighted by atomic mass is 35.5. The summed E-state index contributed by atoms with van der Waals surface area (Å²) in [4.78, 5) is 0. The lowest BCUT2D eigenvalue weighted by atomic mass is 9.80. The molecule has 1 saturated carbocycles. The van der Waals surface area contributed by atoms with Crippen molar-refractivity contribution in [1.29, 1.82) is 0 Å². The summed E-state index contributed by atoms with van der Waals surface area (Å²) >= 11 is 6.68. The van der Waals surface area contributed by atoms with Crippen LogP contribution in [0.1, 0.15) is 69.9 Å². The summed E-state index contributed by atoms with van der Waals surface area (Å²) in [6.07, 6.45) is 6.63. The number of ether oxygens (including phenoxy) is 2. The van der Waals surface area contributed by atoms with E-state index in [1.54, 1.807) is 0 Å². The van der Waals surface area contributed by atoms with Crippen LogP contribution >= 0.6 is 11.6 Å². The van der Waals surface area contributed by atoms with Crippen molar-refractivity contribution in [2.45, 2.75) is 70.0 Å². The number of alkyl halides is 1. The maximum Gasteiger partial charge on any atom is 0.212 e. The zero-order valence-electron chi connectivity index (χ0n) is 16.8. The average molecular weight is 387 g/mol. The molecule has 1 aliphatic heterocycles. The number of rotatable bonds is 3. The van der Waals surface area contributed by atoms with Gasteiger partial charge in [0.1, 0.15) is 0 Å². The van der Waals surface area contributed by atoms with Crippen molar-refractivity contribution in [3.8, 4) is 0 Å². The van der Waals surface area contributed by atoms with Crippen LogP contribution < -0.4 is 0 Å². The maximum atomic E-state index is 6.68. The minimum absolute atomic E-state index is 0.00706. The second kappa shape index (κ2) is 7.39. The van der Waals surface area contributed by atoms with Crippen LogP contribution in [0.5, 0.6) is 0 Å². The van der Waals surface area contributed by atoms with Gasteiger partial charge >= 0.3 is 0 Å². The highest BCUT2D eigenvalue weighted by molar-refractivity contribution is 6.21. The van der Waals surface area contributed by atoms with Gasteiger partial charge < -0.3 is 9.47 Å². The summed E-state index contributed by atoms with van der Waals surface area (Å²) in [5.74, 6) is -0.226. The van der Waals surface area contributed by atoms with Crippen molar-refractivity contribution in [3.05, 3.63) is 47.5 Å². The van der Waals surface area contributed by atoms with E-state index < -0.39 is 5.79 Å². The Labute approximate surface area is 168 Å². The third-order valence-corrected chi connectivity index (χ3v) is 6.54. The van der Waals surface area contributed by atoms with Crippen molar-refractivity contribution in [2.24, 2.45) is 5.41 Å². The Bertz CT molecular complexity index is 795. The lowest BCUT2D eigenvalue weighted by molar-refractivity contribution is -0.306. The fourth-order valence-corrected chi connectivity index (χ4v) is 4.93. The lowest BCUT2D eigenvalue weighted by Crippen LogP contribution is -2.50.